The van der Waals surface area contributed by atoms with E-state index in [-0.39, 0.29) is 25.5 Å². The van der Waals surface area contributed by atoms with Crippen molar-refractivity contribution in [1.82, 2.24) is 14.5 Å². The average molecular weight is 420 g/mol. The summed E-state index contributed by atoms with van der Waals surface area (Å²) in [7, 11) is 0. The number of nitrogens with one attached hydrogen (secondary N) is 1. The number of esters is 2. The summed E-state index contributed by atoms with van der Waals surface area (Å²) >= 11 is 6.06. The lowest BCUT2D eigenvalue weighted by Gasteiger charge is -2.09. The van der Waals surface area contributed by atoms with Crippen molar-refractivity contribution in [3.8, 4) is 0 Å². The zero-order valence-corrected chi connectivity index (χ0v) is 17.2. The molecule has 3 aromatic rings. The maximum atomic E-state index is 12.7. The molecule has 1 aromatic carbocycles. The van der Waals surface area contributed by atoms with Gasteiger partial charge in [-0.25, -0.2) is 14.6 Å². The van der Waals surface area contributed by atoms with Gasteiger partial charge in [-0.3, -0.25) is 0 Å². The van der Waals surface area contributed by atoms with E-state index in [1.165, 1.54) is 0 Å². The molecule has 0 spiro atoms. The second-order valence-electron chi connectivity index (χ2n) is 6.46. The van der Waals surface area contributed by atoms with Gasteiger partial charge in [-0.1, -0.05) is 11.6 Å². The van der Waals surface area contributed by atoms with E-state index in [1.807, 2.05) is 0 Å². The van der Waals surface area contributed by atoms with Crippen molar-refractivity contribution >= 4 is 34.6 Å². The van der Waals surface area contributed by atoms with Gasteiger partial charge in [-0.2, -0.15) is 0 Å². The standard InChI is InChI=1S/C20H22ClN3O5/c1-4-28-20(27)18-11(2)17(12(3)22-18)19(26)29-10-16-23-14-6-5-13(21)9-15(14)24(16)7-8-25/h5-6,9,22,25H,4,7-8,10H2,1-3H3. The Labute approximate surface area is 172 Å². The van der Waals surface area contributed by atoms with Crippen molar-refractivity contribution in [1.29, 1.82) is 0 Å². The fourth-order valence-electron chi connectivity index (χ4n) is 3.27. The number of ether oxygens (including phenoxy) is 2. The molecule has 2 aromatic heterocycles. The summed E-state index contributed by atoms with van der Waals surface area (Å²) in [5.41, 5.74) is 2.95. The summed E-state index contributed by atoms with van der Waals surface area (Å²) in [6.45, 7) is 5.40. The SMILES string of the molecule is CCOC(=O)c1[nH]c(C)c(C(=O)OCc2nc3ccc(Cl)cc3n2CCO)c1C. The molecule has 2 heterocycles. The number of hydrogen-bond acceptors (Lipinski definition) is 6. The number of hydrogen-bond donors (Lipinski definition) is 2. The minimum atomic E-state index is -0.576. The molecule has 0 fully saturated rings. The largest absolute Gasteiger partial charge is 0.461 e. The molecule has 0 radical (unpaired) electrons. The number of aromatic nitrogens is 3. The predicted octanol–water partition coefficient (Wildman–Crippen LogP) is 3.16. The third-order valence-electron chi connectivity index (χ3n) is 4.57. The maximum Gasteiger partial charge on any atom is 0.355 e. The lowest BCUT2D eigenvalue weighted by atomic mass is 10.1. The Morgan fingerprint density at radius 1 is 1.24 bits per heavy atom. The van der Waals surface area contributed by atoms with Crippen LogP contribution in [-0.2, 0) is 22.6 Å². The first-order valence-electron chi connectivity index (χ1n) is 9.16. The Morgan fingerprint density at radius 3 is 2.69 bits per heavy atom. The van der Waals surface area contributed by atoms with Crippen LogP contribution in [0.2, 0.25) is 5.02 Å². The van der Waals surface area contributed by atoms with Gasteiger partial charge in [0.05, 0.1) is 29.8 Å². The number of halogens is 1. The van der Waals surface area contributed by atoms with E-state index >= 15 is 0 Å². The highest BCUT2D eigenvalue weighted by Gasteiger charge is 2.24. The molecule has 0 aliphatic carbocycles. The highest BCUT2D eigenvalue weighted by atomic mass is 35.5. The normalized spacial score (nSPS) is 11.1. The number of rotatable bonds is 7. The van der Waals surface area contributed by atoms with Gasteiger partial charge < -0.3 is 24.1 Å². The first kappa shape index (κ1) is 20.9. The zero-order valence-electron chi connectivity index (χ0n) is 16.4. The summed E-state index contributed by atoms with van der Waals surface area (Å²) < 4.78 is 12.2. The van der Waals surface area contributed by atoms with Crippen LogP contribution in [0.4, 0.5) is 0 Å². The van der Waals surface area contributed by atoms with Crippen LogP contribution >= 0.6 is 11.6 Å². The molecule has 3 rings (SSSR count). The Morgan fingerprint density at radius 2 is 2.00 bits per heavy atom. The first-order valence-corrected chi connectivity index (χ1v) is 9.54. The molecule has 0 unspecified atom stereocenters. The summed E-state index contributed by atoms with van der Waals surface area (Å²) in [6, 6.07) is 5.24. The van der Waals surface area contributed by atoms with Crippen LogP contribution in [0, 0.1) is 13.8 Å². The molecule has 0 aliphatic heterocycles. The summed E-state index contributed by atoms with van der Waals surface area (Å²) in [6.07, 6.45) is 0. The van der Waals surface area contributed by atoms with Gasteiger partial charge in [-0.05, 0) is 44.5 Å². The monoisotopic (exact) mass is 419 g/mol. The zero-order chi connectivity index (χ0) is 21.1. The minimum absolute atomic E-state index is 0.0933. The van der Waals surface area contributed by atoms with E-state index in [2.05, 4.69) is 9.97 Å². The van der Waals surface area contributed by atoms with E-state index in [9.17, 15) is 14.7 Å². The number of aryl methyl sites for hydroxylation is 1. The van der Waals surface area contributed by atoms with E-state index < -0.39 is 11.9 Å². The number of H-pyrrole nitrogens is 1. The van der Waals surface area contributed by atoms with Crippen molar-refractivity contribution in [2.24, 2.45) is 0 Å². The molecule has 154 valence electrons. The lowest BCUT2D eigenvalue weighted by Crippen LogP contribution is -2.13. The second-order valence-corrected chi connectivity index (χ2v) is 6.89. The van der Waals surface area contributed by atoms with Crippen LogP contribution in [0.25, 0.3) is 11.0 Å². The number of imidazole rings is 1. The quantitative estimate of drug-likeness (QED) is 0.570. The van der Waals surface area contributed by atoms with Gasteiger partial charge in [0.25, 0.3) is 0 Å². The lowest BCUT2D eigenvalue weighted by molar-refractivity contribution is 0.0456. The summed E-state index contributed by atoms with van der Waals surface area (Å²) in [5.74, 6) is -0.609. The van der Waals surface area contributed by atoms with Crippen molar-refractivity contribution < 1.29 is 24.2 Å². The van der Waals surface area contributed by atoms with Crippen LogP contribution in [-0.4, -0.2) is 44.8 Å². The Hall–Kier alpha value is -2.84. The fourth-order valence-corrected chi connectivity index (χ4v) is 3.44. The smallest absolute Gasteiger partial charge is 0.355 e. The summed E-state index contributed by atoms with van der Waals surface area (Å²) in [4.78, 5) is 32.1. The van der Waals surface area contributed by atoms with E-state index in [1.54, 1.807) is 43.5 Å². The molecule has 0 aliphatic rings. The molecule has 9 heteroatoms. The molecule has 0 amide bonds. The van der Waals surface area contributed by atoms with Gasteiger partial charge >= 0.3 is 11.9 Å². The molecule has 2 N–H and O–H groups in total. The number of fused-ring (bicyclic) bond motifs is 1. The molecule has 8 nitrogen and oxygen atoms in total. The third-order valence-corrected chi connectivity index (χ3v) is 4.80. The number of aliphatic hydroxyl groups is 1. The maximum absolute atomic E-state index is 12.7. The van der Waals surface area contributed by atoms with Crippen LogP contribution in [0.15, 0.2) is 18.2 Å². The number of benzene rings is 1. The van der Waals surface area contributed by atoms with Crippen LogP contribution in [0.5, 0.6) is 0 Å². The number of carbonyl (C=O) groups excluding carboxylic acids is 2. The number of nitrogens with zero attached hydrogens (tertiary/aromatic N) is 2. The molecule has 0 saturated heterocycles. The van der Waals surface area contributed by atoms with E-state index in [0.717, 1.165) is 5.52 Å². The molecule has 0 saturated carbocycles. The summed E-state index contributed by atoms with van der Waals surface area (Å²) in [5, 5.41) is 9.93. The van der Waals surface area contributed by atoms with Crippen molar-refractivity contribution in [3.05, 3.63) is 51.6 Å². The molecule has 0 atom stereocenters. The van der Waals surface area contributed by atoms with Crippen molar-refractivity contribution in [3.63, 3.8) is 0 Å². The molecule has 29 heavy (non-hydrogen) atoms. The minimum Gasteiger partial charge on any atom is -0.461 e. The van der Waals surface area contributed by atoms with Gasteiger partial charge in [0, 0.05) is 17.3 Å². The highest BCUT2D eigenvalue weighted by molar-refractivity contribution is 6.31. The topological polar surface area (TPSA) is 106 Å². The van der Waals surface area contributed by atoms with Crippen molar-refractivity contribution in [2.75, 3.05) is 13.2 Å². The molecule has 0 bridgehead atoms. The van der Waals surface area contributed by atoms with Gasteiger partial charge in [-0.15, -0.1) is 0 Å². The molecular weight excluding hydrogens is 398 g/mol. The van der Waals surface area contributed by atoms with Crippen LogP contribution in [0.3, 0.4) is 0 Å². The number of aromatic amines is 1. The van der Waals surface area contributed by atoms with Gasteiger partial charge in [0.1, 0.15) is 18.1 Å². The first-order chi connectivity index (χ1) is 13.9. The van der Waals surface area contributed by atoms with Crippen LogP contribution in [0.1, 0.15) is 44.9 Å². The number of aliphatic hydroxyl groups excluding tert-OH is 1. The molecular formula is C20H22ClN3O5. The predicted molar refractivity (Wildman–Crippen MR) is 107 cm³/mol. The van der Waals surface area contributed by atoms with E-state index in [4.69, 9.17) is 21.1 Å². The van der Waals surface area contributed by atoms with Crippen molar-refractivity contribution in [2.45, 2.75) is 33.9 Å². The fraction of sp³-hybridized carbons (Fsp3) is 0.350. The highest BCUT2D eigenvalue weighted by Crippen LogP contribution is 2.23. The van der Waals surface area contributed by atoms with Gasteiger partial charge in [0.2, 0.25) is 0 Å². The van der Waals surface area contributed by atoms with Gasteiger partial charge in [0.15, 0.2) is 0 Å². The Bertz CT molecular complexity index is 1070. The Kier molecular flexibility index (Phi) is 6.24. The third kappa shape index (κ3) is 4.13. The van der Waals surface area contributed by atoms with Crippen LogP contribution < -0.4 is 0 Å². The average Bonchev–Trinajstić information content (AvgIpc) is 3.17. The number of carbonyl (C=O) groups is 2. The second kappa shape index (κ2) is 8.67. The van der Waals surface area contributed by atoms with E-state index in [0.29, 0.717) is 39.7 Å². The Balaban J connectivity index is 1.84.